The third-order valence-electron chi connectivity index (χ3n) is 6.40. The van der Waals surface area contributed by atoms with Crippen molar-refractivity contribution in [3.63, 3.8) is 0 Å². The van der Waals surface area contributed by atoms with E-state index in [1.54, 1.807) is 0 Å². The van der Waals surface area contributed by atoms with Crippen LogP contribution < -0.4 is 16.0 Å². The van der Waals surface area contributed by atoms with E-state index in [2.05, 4.69) is 42.7 Å². The van der Waals surface area contributed by atoms with Gasteiger partial charge >= 0.3 is 12.1 Å². The van der Waals surface area contributed by atoms with E-state index in [9.17, 15) is 18.0 Å². The molecule has 1 fully saturated rings. The lowest BCUT2D eigenvalue weighted by atomic mass is 10.1. The molecule has 2 aromatic heterocycles. The highest BCUT2D eigenvalue weighted by Gasteiger charge is 2.34. The van der Waals surface area contributed by atoms with Crippen LogP contribution in [0.5, 0.6) is 0 Å². The Morgan fingerprint density at radius 2 is 2.00 bits per heavy atom. The molecule has 0 aliphatic carbocycles. The summed E-state index contributed by atoms with van der Waals surface area (Å²) >= 11 is 7.05. The predicted molar refractivity (Wildman–Crippen MR) is 146 cm³/mol. The number of rotatable bonds is 12. The first-order chi connectivity index (χ1) is 19.0. The Morgan fingerprint density at radius 1 is 1.23 bits per heavy atom. The lowest BCUT2D eigenvalue weighted by Gasteiger charge is -2.20. The second-order valence-corrected chi connectivity index (χ2v) is 10.8. The molecule has 216 valence electrons. The van der Waals surface area contributed by atoms with Crippen molar-refractivity contribution in [1.82, 2.24) is 25.2 Å². The summed E-state index contributed by atoms with van der Waals surface area (Å²) in [5, 5.41) is 17.1. The highest BCUT2D eigenvalue weighted by Crippen LogP contribution is 2.40. The number of aromatic nitrogens is 3. The molecular formula is C25H28ClF4N7O2S. The minimum absolute atomic E-state index is 0.0298. The summed E-state index contributed by atoms with van der Waals surface area (Å²) in [6, 6.07) is 3.99. The number of nitrogens with zero attached hydrogens (tertiary/aromatic N) is 4. The van der Waals surface area contributed by atoms with E-state index in [0.717, 1.165) is 30.3 Å². The van der Waals surface area contributed by atoms with Crippen LogP contribution in [0.15, 0.2) is 24.5 Å². The van der Waals surface area contributed by atoms with Crippen molar-refractivity contribution in [2.24, 2.45) is 0 Å². The van der Waals surface area contributed by atoms with E-state index in [1.165, 1.54) is 29.8 Å². The Kier molecular flexibility index (Phi) is 9.77. The summed E-state index contributed by atoms with van der Waals surface area (Å²) in [6.07, 6.45) is -1.45. The Bertz CT molecular complexity index is 1340. The summed E-state index contributed by atoms with van der Waals surface area (Å²) in [6.45, 7) is 4.38. The minimum atomic E-state index is -4.63. The standard InChI is InChI=1S/C25H28ClF4N7O2S/c1-14-3-2-10-37(14)12-18-21(15-4-5-17(26)16(11-15)25(28,29)30)35-24(40-18)36-23-20(27)22(33-13-34-23)32-9-8-31-7-6-19(38)39/h4-5,11,13-14,31H,2-3,6-10,12H2,1H3,(H,38,39)(H2,32,33,34,35,36)/t14-/m1/s1. The van der Waals surface area contributed by atoms with Crippen molar-refractivity contribution in [2.45, 2.75) is 44.9 Å². The number of carboxylic acid groups (broad SMARTS) is 1. The molecule has 0 spiro atoms. The number of nitrogens with one attached hydrogen (secondary N) is 3. The second kappa shape index (κ2) is 13.1. The average Bonchev–Trinajstić information content (AvgIpc) is 3.48. The monoisotopic (exact) mass is 601 g/mol. The van der Waals surface area contributed by atoms with Crippen molar-refractivity contribution in [3.8, 4) is 11.3 Å². The van der Waals surface area contributed by atoms with Crippen molar-refractivity contribution in [3.05, 3.63) is 45.8 Å². The van der Waals surface area contributed by atoms with Gasteiger partial charge in [0.2, 0.25) is 5.82 Å². The van der Waals surface area contributed by atoms with Crippen LogP contribution in [0.3, 0.4) is 0 Å². The molecule has 0 bridgehead atoms. The highest BCUT2D eigenvalue weighted by atomic mass is 35.5. The number of halogens is 5. The van der Waals surface area contributed by atoms with Gasteiger partial charge in [-0.05, 0) is 38.4 Å². The fourth-order valence-electron chi connectivity index (χ4n) is 4.31. The summed E-state index contributed by atoms with van der Waals surface area (Å²) in [4.78, 5) is 26.0. The van der Waals surface area contributed by atoms with Gasteiger partial charge in [0.25, 0.3) is 0 Å². The van der Waals surface area contributed by atoms with Gasteiger partial charge in [-0.1, -0.05) is 29.0 Å². The summed E-state index contributed by atoms with van der Waals surface area (Å²) in [5.41, 5.74) is -0.345. The molecule has 1 aliphatic rings. The Hall–Kier alpha value is -3.07. The number of hydrogen-bond acceptors (Lipinski definition) is 9. The van der Waals surface area contributed by atoms with Gasteiger partial charge in [0, 0.05) is 42.7 Å². The molecular weight excluding hydrogens is 574 g/mol. The predicted octanol–water partition coefficient (Wildman–Crippen LogP) is 5.62. The molecule has 1 aromatic carbocycles. The van der Waals surface area contributed by atoms with Crippen LogP contribution in [0, 0.1) is 5.82 Å². The zero-order chi connectivity index (χ0) is 28.9. The van der Waals surface area contributed by atoms with E-state index < -0.39 is 28.5 Å². The number of carboxylic acids is 1. The number of alkyl halides is 3. The molecule has 1 atom stereocenters. The summed E-state index contributed by atoms with van der Waals surface area (Å²) in [7, 11) is 0. The molecule has 3 heterocycles. The van der Waals surface area contributed by atoms with Crippen molar-refractivity contribution < 1.29 is 27.5 Å². The fraction of sp³-hybridized carbons (Fsp3) is 0.440. The van der Waals surface area contributed by atoms with E-state index in [1.807, 2.05) is 0 Å². The van der Waals surface area contributed by atoms with Crippen LogP contribution in [-0.2, 0) is 17.5 Å². The third-order valence-corrected chi connectivity index (χ3v) is 7.69. The van der Waals surface area contributed by atoms with Gasteiger partial charge in [0.1, 0.15) is 6.33 Å². The van der Waals surface area contributed by atoms with Crippen molar-refractivity contribution in [1.29, 1.82) is 0 Å². The number of benzene rings is 1. The number of carbonyl (C=O) groups is 1. The molecule has 0 amide bonds. The maximum absolute atomic E-state index is 15.2. The molecule has 4 rings (SSSR count). The maximum atomic E-state index is 15.2. The van der Waals surface area contributed by atoms with Crippen LogP contribution in [0.1, 0.15) is 36.6 Å². The number of thiazole rings is 1. The Balaban J connectivity index is 1.56. The quantitative estimate of drug-likeness (QED) is 0.155. The Labute approximate surface area is 237 Å². The maximum Gasteiger partial charge on any atom is 0.417 e. The summed E-state index contributed by atoms with van der Waals surface area (Å²) < 4.78 is 55.9. The van der Waals surface area contributed by atoms with E-state index in [4.69, 9.17) is 16.7 Å². The molecule has 9 nitrogen and oxygen atoms in total. The van der Waals surface area contributed by atoms with Crippen molar-refractivity contribution in [2.75, 3.05) is 36.8 Å². The van der Waals surface area contributed by atoms with Crippen LogP contribution >= 0.6 is 22.9 Å². The second-order valence-electron chi connectivity index (χ2n) is 9.28. The van der Waals surface area contributed by atoms with E-state index in [0.29, 0.717) is 24.8 Å². The number of aliphatic carboxylic acids is 1. The number of hydrogen-bond donors (Lipinski definition) is 4. The fourth-order valence-corrected chi connectivity index (χ4v) is 5.54. The van der Waals surface area contributed by atoms with Gasteiger partial charge in [0.15, 0.2) is 16.8 Å². The lowest BCUT2D eigenvalue weighted by molar-refractivity contribution is -0.138. The molecule has 40 heavy (non-hydrogen) atoms. The molecule has 1 aliphatic heterocycles. The molecule has 15 heteroatoms. The largest absolute Gasteiger partial charge is 0.481 e. The zero-order valence-corrected chi connectivity index (χ0v) is 23.1. The number of anilines is 3. The van der Waals surface area contributed by atoms with Gasteiger partial charge in [0.05, 0.1) is 22.7 Å². The SMILES string of the molecule is C[C@@H]1CCCN1Cc1sc(Nc2ncnc(NCCNCCC(=O)O)c2F)nc1-c1ccc(Cl)c(C(F)(F)F)c1. The molecule has 3 aromatic rings. The van der Waals surface area contributed by atoms with Crippen LogP contribution in [0.4, 0.5) is 34.3 Å². The molecule has 4 N–H and O–H groups in total. The van der Waals surface area contributed by atoms with Crippen LogP contribution in [0.2, 0.25) is 5.02 Å². The van der Waals surface area contributed by atoms with Crippen LogP contribution in [0.25, 0.3) is 11.3 Å². The molecule has 1 saturated heterocycles. The van der Waals surface area contributed by atoms with Gasteiger partial charge in [-0.2, -0.15) is 17.6 Å². The normalized spacial score (nSPS) is 15.9. The smallest absolute Gasteiger partial charge is 0.417 e. The topological polar surface area (TPSA) is 115 Å². The third kappa shape index (κ3) is 7.56. The molecule has 0 radical (unpaired) electrons. The highest BCUT2D eigenvalue weighted by molar-refractivity contribution is 7.16. The van der Waals surface area contributed by atoms with E-state index >= 15 is 4.39 Å². The first-order valence-electron chi connectivity index (χ1n) is 12.6. The van der Waals surface area contributed by atoms with Crippen molar-refractivity contribution >= 4 is 45.7 Å². The van der Waals surface area contributed by atoms with Gasteiger partial charge in [-0.3, -0.25) is 9.69 Å². The van der Waals surface area contributed by atoms with Gasteiger partial charge in [-0.25, -0.2) is 15.0 Å². The van der Waals surface area contributed by atoms with Gasteiger partial charge in [-0.15, -0.1) is 0 Å². The minimum Gasteiger partial charge on any atom is -0.481 e. The summed E-state index contributed by atoms with van der Waals surface area (Å²) in [5.74, 6) is -1.89. The first kappa shape index (κ1) is 29.9. The van der Waals surface area contributed by atoms with E-state index in [-0.39, 0.29) is 41.8 Å². The Morgan fingerprint density at radius 3 is 2.70 bits per heavy atom. The van der Waals surface area contributed by atoms with Crippen LogP contribution in [-0.4, -0.2) is 63.1 Å². The zero-order valence-electron chi connectivity index (χ0n) is 21.5. The molecule has 0 unspecified atom stereocenters. The molecule has 0 saturated carbocycles. The lowest BCUT2D eigenvalue weighted by Crippen LogP contribution is -2.25. The number of likely N-dealkylation sites (tertiary alicyclic amines) is 1. The average molecular weight is 602 g/mol. The van der Waals surface area contributed by atoms with Gasteiger partial charge < -0.3 is 21.1 Å². The first-order valence-corrected chi connectivity index (χ1v) is 13.8.